The fourth-order valence-electron chi connectivity index (χ4n) is 4.09. The molecular formula is C23H23N5O2. The molecule has 0 atom stereocenters. The Balaban J connectivity index is 1.28. The van der Waals surface area contributed by atoms with Gasteiger partial charge in [-0.3, -0.25) is 9.78 Å². The van der Waals surface area contributed by atoms with Crippen LogP contribution in [0.25, 0.3) is 21.9 Å². The molecule has 1 amide bonds. The summed E-state index contributed by atoms with van der Waals surface area (Å²) in [5, 5.41) is 1.00. The molecule has 0 radical (unpaired) electrons. The standard InChI is InChI=1S/C23H23N5O2/c24-22(29)15-28-13-10-17-20(28)6-3-7-21(17)30-16-8-11-27(12-9-16)23-14-25-18-4-1-2-5-19(18)26-23/h1-7,10,13-14,16H,8-9,11-12,15H2,(H2,24,29). The van der Waals surface area contributed by atoms with E-state index in [1.807, 2.05) is 65.5 Å². The lowest BCUT2D eigenvalue weighted by Gasteiger charge is -2.33. The van der Waals surface area contributed by atoms with Crippen LogP contribution in [0.3, 0.4) is 0 Å². The molecule has 7 nitrogen and oxygen atoms in total. The van der Waals surface area contributed by atoms with Crippen molar-refractivity contribution in [2.75, 3.05) is 18.0 Å². The molecule has 7 heteroatoms. The van der Waals surface area contributed by atoms with Crippen LogP contribution in [0.15, 0.2) is 60.9 Å². The molecule has 4 aromatic rings. The number of aromatic nitrogens is 3. The highest BCUT2D eigenvalue weighted by molar-refractivity contribution is 5.88. The summed E-state index contributed by atoms with van der Waals surface area (Å²) in [6, 6.07) is 15.8. The second-order valence-corrected chi connectivity index (χ2v) is 7.62. The van der Waals surface area contributed by atoms with Crippen molar-refractivity contribution in [3.05, 3.63) is 60.9 Å². The molecule has 1 aliphatic rings. The van der Waals surface area contributed by atoms with Gasteiger partial charge in [-0.25, -0.2) is 4.98 Å². The van der Waals surface area contributed by atoms with E-state index < -0.39 is 0 Å². The number of carbonyl (C=O) groups is 1. The summed E-state index contributed by atoms with van der Waals surface area (Å²) < 4.78 is 8.20. The molecule has 30 heavy (non-hydrogen) atoms. The summed E-state index contributed by atoms with van der Waals surface area (Å²) in [4.78, 5) is 22.8. The summed E-state index contributed by atoms with van der Waals surface area (Å²) in [5.41, 5.74) is 8.13. The number of nitrogens with zero attached hydrogens (tertiary/aromatic N) is 4. The van der Waals surface area contributed by atoms with Crippen LogP contribution in [-0.4, -0.2) is 39.6 Å². The van der Waals surface area contributed by atoms with E-state index in [1.54, 1.807) is 0 Å². The van der Waals surface area contributed by atoms with Crippen molar-refractivity contribution in [2.24, 2.45) is 5.73 Å². The van der Waals surface area contributed by atoms with Crippen LogP contribution in [-0.2, 0) is 11.3 Å². The van der Waals surface area contributed by atoms with Gasteiger partial charge in [-0.2, -0.15) is 0 Å². The fourth-order valence-corrected chi connectivity index (χ4v) is 4.09. The van der Waals surface area contributed by atoms with Gasteiger partial charge >= 0.3 is 0 Å². The fraction of sp³-hybridized carbons (Fsp3) is 0.261. The molecule has 0 unspecified atom stereocenters. The number of piperidine rings is 1. The lowest BCUT2D eigenvalue weighted by Crippen LogP contribution is -2.38. The van der Waals surface area contributed by atoms with Gasteiger partial charge in [0.1, 0.15) is 24.2 Å². The number of rotatable bonds is 5. The number of fused-ring (bicyclic) bond motifs is 2. The lowest BCUT2D eigenvalue weighted by atomic mass is 10.1. The number of hydrogen-bond donors (Lipinski definition) is 1. The predicted octanol–water partition coefficient (Wildman–Crippen LogP) is 3.12. The van der Waals surface area contributed by atoms with Gasteiger partial charge in [0.2, 0.25) is 5.91 Å². The Labute approximate surface area is 174 Å². The molecule has 3 heterocycles. The van der Waals surface area contributed by atoms with Gasteiger partial charge in [-0.05, 0) is 30.3 Å². The molecule has 2 N–H and O–H groups in total. The third kappa shape index (κ3) is 3.54. The highest BCUT2D eigenvalue weighted by atomic mass is 16.5. The number of nitrogens with two attached hydrogens (primary N) is 1. The van der Waals surface area contributed by atoms with E-state index in [2.05, 4.69) is 9.88 Å². The van der Waals surface area contributed by atoms with Gasteiger partial charge < -0.3 is 19.9 Å². The van der Waals surface area contributed by atoms with Crippen LogP contribution in [0.2, 0.25) is 0 Å². The van der Waals surface area contributed by atoms with Gasteiger partial charge in [0.25, 0.3) is 0 Å². The number of para-hydroxylation sites is 2. The highest BCUT2D eigenvalue weighted by Crippen LogP contribution is 2.30. The number of primary amides is 1. The Morgan fingerprint density at radius 2 is 1.87 bits per heavy atom. The second kappa shape index (κ2) is 7.67. The first-order chi connectivity index (χ1) is 14.7. The smallest absolute Gasteiger partial charge is 0.237 e. The molecule has 1 aliphatic heterocycles. The van der Waals surface area contributed by atoms with E-state index in [4.69, 9.17) is 15.5 Å². The quantitative estimate of drug-likeness (QED) is 0.555. The average molecular weight is 401 g/mol. The molecule has 152 valence electrons. The van der Waals surface area contributed by atoms with E-state index in [0.717, 1.165) is 59.4 Å². The SMILES string of the molecule is NC(=O)Cn1ccc2c(OC3CCN(c4cnc5ccccc5n4)CC3)cccc21. The summed E-state index contributed by atoms with van der Waals surface area (Å²) in [6.45, 7) is 1.91. The Morgan fingerprint density at radius 1 is 1.07 bits per heavy atom. The summed E-state index contributed by atoms with van der Waals surface area (Å²) in [7, 11) is 0. The van der Waals surface area contributed by atoms with Crippen LogP contribution in [0.4, 0.5) is 5.82 Å². The van der Waals surface area contributed by atoms with Crippen molar-refractivity contribution in [3.8, 4) is 5.75 Å². The van der Waals surface area contributed by atoms with E-state index >= 15 is 0 Å². The van der Waals surface area contributed by atoms with Crippen LogP contribution in [0.5, 0.6) is 5.75 Å². The first kappa shape index (κ1) is 18.4. The normalized spacial score (nSPS) is 15.0. The first-order valence-corrected chi connectivity index (χ1v) is 10.2. The van der Waals surface area contributed by atoms with Crippen LogP contribution >= 0.6 is 0 Å². The molecule has 2 aromatic carbocycles. The number of anilines is 1. The summed E-state index contributed by atoms with van der Waals surface area (Å²) in [5.74, 6) is 1.40. The molecule has 0 saturated carbocycles. The zero-order chi connectivity index (χ0) is 20.5. The zero-order valence-corrected chi connectivity index (χ0v) is 16.6. The third-order valence-corrected chi connectivity index (χ3v) is 5.60. The number of amides is 1. The van der Waals surface area contributed by atoms with Crippen molar-refractivity contribution in [1.82, 2.24) is 14.5 Å². The Bertz CT molecular complexity index is 1210. The Hall–Kier alpha value is -3.61. The number of hydrogen-bond acceptors (Lipinski definition) is 5. The van der Waals surface area contributed by atoms with E-state index in [9.17, 15) is 4.79 Å². The van der Waals surface area contributed by atoms with Gasteiger partial charge in [-0.15, -0.1) is 0 Å². The maximum absolute atomic E-state index is 11.3. The Morgan fingerprint density at radius 3 is 2.67 bits per heavy atom. The van der Waals surface area contributed by atoms with E-state index in [1.165, 1.54) is 0 Å². The first-order valence-electron chi connectivity index (χ1n) is 10.2. The molecule has 1 fully saturated rings. The molecule has 1 saturated heterocycles. The van der Waals surface area contributed by atoms with Crippen molar-refractivity contribution in [3.63, 3.8) is 0 Å². The minimum atomic E-state index is -0.358. The van der Waals surface area contributed by atoms with Crippen LogP contribution < -0.4 is 15.4 Å². The van der Waals surface area contributed by atoms with Crippen molar-refractivity contribution < 1.29 is 9.53 Å². The number of carbonyl (C=O) groups excluding carboxylic acids is 1. The average Bonchev–Trinajstić information content (AvgIpc) is 3.17. The zero-order valence-electron chi connectivity index (χ0n) is 16.6. The molecule has 5 rings (SSSR count). The molecule has 0 aliphatic carbocycles. The highest BCUT2D eigenvalue weighted by Gasteiger charge is 2.23. The number of benzene rings is 2. The maximum atomic E-state index is 11.3. The van der Waals surface area contributed by atoms with Crippen molar-refractivity contribution >= 4 is 33.7 Å². The summed E-state index contributed by atoms with van der Waals surface area (Å²) >= 11 is 0. The summed E-state index contributed by atoms with van der Waals surface area (Å²) in [6.07, 6.45) is 5.69. The van der Waals surface area contributed by atoms with Gasteiger partial charge in [0, 0.05) is 37.5 Å². The Kier molecular flexibility index (Phi) is 4.71. The van der Waals surface area contributed by atoms with Gasteiger partial charge in [0.05, 0.1) is 22.7 Å². The molecule has 2 aromatic heterocycles. The van der Waals surface area contributed by atoms with Gasteiger partial charge in [0.15, 0.2) is 0 Å². The molecule has 0 spiro atoms. The van der Waals surface area contributed by atoms with Crippen molar-refractivity contribution in [1.29, 1.82) is 0 Å². The minimum Gasteiger partial charge on any atom is -0.490 e. The van der Waals surface area contributed by atoms with Crippen LogP contribution in [0.1, 0.15) is 12.8 Å². The predicted molar refractivity (Wildman–Crippen MR) is 117 cm³/mol. The van der Waals surface area contributed by atoms with E-state index in [0.29, 0.717) is 0 Å². The molecule has 0 bridgehead atoms. The largest absolute Gasteiger partial charge is 0.490 e. The molecular weight excluding hydrogens is 378 g/mol. The lowest BCUT2D eigenvalue weighted by molar-refractivity contribution is -0.118. The van der Waals surface area contributed by atoms with Crippen LogP contribution in [0, 0.1) is 0 Å². The monoisotopic (exact) mass is 401 g/mol. The second-order valence-electron chi connectivity index (χ2n) is 7.62. The third-order valence-electron chi connectivity index (χ3n) is 5.60. The topological polar surface area (TPSA) is 86.3 Å². The minimum absolute atomic E-state index is 0.139. The van der Waals surface area contributed by atoms with Gasteiger partial charge in [-0.1, -0.05) is 18.2 Å². The van der Waals surface area contributed by atoms with E-state index in [-0.39, 0.29) is 18.6 Å². The maximum Gasteiger partial charge on any atom is 0.237 e. The number of ether oxygens (including phenoxy) is 1. The van der Waals surface area contributed by atoms with Crippen molar-refractivity contribution in [2.45, 2.75) is 25.5 Å².